The largest absolute Gasteiger partial charge is 0.497 e. The smallest absolute Gasteiger partial charge is 0.269 e. The van der Waals surface area contributed by atoms with E-state index in [1.807, 2.05) is 0 Å². The van der Waals surface area contributed by atoms with Crippen molar-refractivity contribution < 1.29 is 14.5 Å². The molecular formula is C18H17N5O4S. The second-order valence-electron chi connectivity index (χ2n) is 5.73. The summed E-state index contributed by atoms with van der Waals surface area (Å²) in [6, 6.07) is 13.1. The number of anilines is 1. The SMILES string of the molecule is COc1ccc(NC(=O)CSc2nnc(-c3ccc([N+](=O)[O-])cc3)n2C)cc1. The molecule has 0 fully saturated rings. The number of hydrogen-bond donors (Lipinski definition) is 1. The van der Waals surface area contributed by atoms with Crippen LogP contribution in [-0.2, 0) is 11.8 Å². The molecule has 1 aromatic heterocycles. The Morgan fingerprint density at radius 3 is 2.46 bits per heavy atom. The van der Waals surface area contributed by atoms with E-state index in [9.17, 15) is 14.9 Å². The molecule has 28 heavy (non-hydrogen) atoms. The summed E-state index contributed by atoms with van der Waals surface area (Å²) >= 11 is 1.25. The molecule has 0 saturated carbocycles. The first kappa shape index (κ1) is 19.4. The molecule has 0 saturated heterocycles. The average Bonchev–Trinajstić information content (AvgIpc) is 3.07. The fourth-order valence-electron chi connectivity index (χ4n) is 2.43. The number of carbonyl (C=O) groups is 1. The van der Waals surface area contributed by atoms with Gasteiger partial charge in [0.2, 0.25) is 5.91 Å². The predicted molar refractivity (Wildman–Crippen MR) is 105 cm³/mol. The summed E-state index contributed by atoms with van der Waals surface area (Å²) in [7, 11) is 3.36. The summed E-state index contributed by atoms with van der Waals surface area (Å²) in [6.07, 6.45) is 0. The van der Waals surface area contributed by atoms with Crippen molar-refractivity contribution in [1.82, 2.24) is 14.8 Å². The third-order valence-corrected chi connectivity index (χ3v) is 4.90. The van der Waals surface area contributed by atoms with E-state index >= 15 is 0 Å². The van der Waals surface area contributed by atoms with Crippen LogP contribution in [0.15, 0.2) is 53.7 Å². The molecule has 10 heteroatoms. The highest BCUT2D eigenvalue weighted by atomic mass is 32.2. The molecule has 0 aliphatic rings. The minimum absolute atomic E-state index is 0.00993. The first-order valence-electron chi connectivity index (χ1n) is 8.19. The number of nitrogens with zero attached hydrogens (tertiary/aromatic N) is 4. The number of amides is 1. The van der Waals surface area contributed by atoms with Crippen molar-refractivity contribution in [2.45, 2.75) is 5.16 Å². The average molecular weight is 399 g/mol. The molecule has 0 unspecified atom stereocenters. The Morgan fingerprint density at radius 2 is 1.86 bits per heavy atom. The van der Waals surface area contributed by atoms with Crippen molar-refractivity contribution in [2.75, 3.05) is 18.2 Å². The van der Waals surface area contributed by atoms with E-state index in [1.165, 1.54) is 23.9 Å². The number of carbonyl (C=O) groups excluding carboxylic acids is 1. The van der Waals surface area contributed by atoms with E-state index in [0.717, 1.165) is 0 Å². The molecule has 0 radical (unpaired) electrons. The Balaban J connectivity index is 1.62. The lowest BCUT2D eigenvalue weighted by Gasteiger charge is -2.06. The van der Waals surface area contributed by atoms with Gasteiger partial charge in [0.05, 0.1) is 17.8 Å². The topological polar surface area (TPSA) is 112 Å². The number of thioether (sulfide) groups is 1. The van der Waals surface area contributed by atoms with Crippen LogP contribution in [0.5, 0.6) is 5.75 Å². The van der Waals surface area contributed by atoms with Crippen molar-refractivity contribution in [1.29, 1.82) is 0 Å². The molecule has 1 N–H and O–H groups in total. The third-order valence-electron chi connectivity index (χ3n) is 3.88. The van der Waals surface area contributed by atoms with E-state index in [2.05, 4.69) is 15.5 Å². The number of nitrogens with one attached hydrogen (secondary N) is 1. The summed E-state index contributed by atoms with van der Waals surface area (Å²) in [5.74, 6) is 1.27. The van der Waals surface area contributed by atoms with Crippen LogP contribution in [0.1, 0.15) is 0 Å². The number of nitro benzene ring substituents is 1. The van der Waals surface area contributed by atoms with Crippen molar-refractivity contribution in [3.05, 3.63) is 58.6 Å². The lowest BCUT2D eigenvalue weighted by molar-refractivity contribution is -0.384. The van der Waals surface area contributed by atoms with Gasteiger partial charge < -0.3 is 14.6 Å². The van der Waals surface area contributed by atoms with E-state index < -0.39 is 4.92 Å². The first-order valence-corrected chi connectivity index (χ1v) is 9.17. The van der Waals surface area contributed by atoms with E-state index in [1.54, 1.807) is 55.1 Å². The van der Waals surface area contributed by atoms with Gasteiger partial charge in [-0.25, -0.2) is 0 Å². The number of benzene rings is 2. The third kappa shape index (κ3) is 4.46. The normalized spacial score (nSPS) is 10.5. The van der Waals surface area contributed by atoms with Crippen LogP contribution in [0.2, 0.25) is 0 Å². The number of aromatic nitrogens is 3. The van der Waals surface area contributed by atoms with Crippen LogP contribution in [0, 0.1) is 10.1 Å². The van der Waals surface area contributed by atoms with Crippen molar-refractivity contribution in [2.24, 2.45) is 7.05 Å². The number of methoxy groups -OCH3 is 1. The van der Waals surface area contributed by atoms with Gasteiger partial charge in [-0.3, -0.25) is 14.9 Å². The Kier molecular flexibility index (Phi) is 5.90. The Labute approximate surface area is 164 Å². The molecule has 0 spiro atoms. The van der Waals surface area contributed by atoms with Gasteiger partial charge in [-0.15, -0.1) is 10.2 Å². The van der Waals surface area contributed by atoms with Crippen LogP contribution in [0.4, 0.5) is 11.4 Å². The van der Waals surface area contributed by atoms with Gasteiger partial charge in [0.15, 0.2) is 11.0 Å². The summed E-state index contributed by atoms with van der Waals surface area (Å²) in [5.41, 5.74) is 1.39. The van der Waals surface area contributed by atoms with E-state index in [4.69, 9.17) is 4.74 Å². The van der Waals surface area contributed by atoms with Gasteiger partial charge in [0.1, 0.15) is 5.75 Å². The number of ether oxygens (including phenoxy) is 1. The zero-order valence-electron chi connectivity index (χ0n) is 15.2. The summed E-state index contributed by atoms with van der Waals surface area (Å²) in [5, 5.41) is 22.3. The predicted octanol–water partition coefficient (Wildman–Crippen LogP) is 3.13. The highest BCUT2D eigenvalue weighted by Gasteiger charge is 2.14. The van der Waals surface area contributed by atoms with Crippen LogP contribution in [-0.4, -0.2) is 38.5 Å². The number of non-ortho nitro benzene ring substituents is 1. The zero-order valence-corrected chi connectivity index (χ0v) is 16.0. The van der Waals surface area contributed by atoms with Gasteiger partial charge in [-0.1, -0.05) is 11.8 Å². The number of hydrogen-bond acceptors (Lipinski definition) is 7. The number of nitro groups is 1. The molecular weight excluding hydrogens is 382 g/mol. The Bertz CT molecular complexity index is 986. The highest BCUT2D eigenvalue weighted by Crippen LogP contribution is 2.24. The Morgan fingerprint density at radius 1 is 1.18 bits per heavy atom. The zero-order chi connectivity index (χ0) is 20.1. The molecule has 3 rings (SSSR count). The van der Waals surface area contributed by atoms with Gasteiger partial charge >= 0.3 is 0 Å². The fraction of sp³-hybridized carbons (Fsp3) is 0.167. The first-order chi connectivity index (χ1) is 13.5. The standard InChI is InChI=1S/C18H17N5O4S/c1-22-17(12-3-7-14(8-4-12)23(25)26)20-21-18(22)28-11-16(24)19-13-5-9-15(27-2)10-6-13/h3-10H,11H2,1-2H3,(H,19,24). The lowest BCUT2D eigenvalue weighted by Crippen LogP contribution is -2.14. The maximum atomic E-state index is 12.1. The van der Waals surface area contributed by atoms with Gasteiger partial charge in [-0.05, 0) is 36.4 Å². The molecule has 0 aliphatic carbocycles. The lowest BCUT2D eigenvalue weighted by atomic mass is 10.2. The number of rotatable bonds is 7. The monoisotopic (exact) mass is 399 g/mol. The molecule has 9 nitrogen and oxygen atoms in total. The minimum atomic E-state index is -0.455. The second-order valence-corrected chi connectivity index (χ2v) is 6.68. The molecule has 0 atom stereocenters. The molecule has 2 aromatic carbocycles. The second kappa shape index (κ2) is 8.53. The van der Waals surface area contributed by atoms with Crippen molar-refractivity contribution in [3.63, 3.8) is 0 Å². The minimum Gasteiger partial charge on any atom is -0.497 e. The van der Waals surface area contributed by atoms with E-state index in [0.29, 0.717) is 28.0 Å². The molecule has 1 amide bonds. The molecule has 1 heterocycles. The van der Waals surface area contributed by atoms with Crippen molar-refractivity contribution >= 4 is 29.0 Å². The van der Waals surface area contributed by atoms with Gasteiger partial charge in [-0.2, -0.15) is 0 Å². The van der Waals surface area contributed by atoms with Gasteiger partial charge in [0.25, 0.3) is 5.69 Å². The van der Waals surface area contributed by atoms with Crippen LogP contribution in [0.25, 0.3) is 11.4 Å². The van der Waals surface area contributed by atoms with Crippen LogP contribution >= 0.6 is 11.8 Å². The van der Waals surface area contributed by atoms with E-state index in [-0.39, 0.29) is 17.3 Å². The quantitative estimate of drug-likeness (QED) is 0.369. The molecule has 0 aliphatic heterocycles. The van der Waals surface area contributed by atoms with Crippen LogP contribution < -0.4 is 10.1 Å². The summed E-state index contributed by atoms with van der Waals surface area (Å²) < 4.78 is 6.82. The fourth-order valence-corrected chi connectivity index (χ4v) is 3.14. The molecule has 0 bridgehead atoms. The van der Waals surface area contributed by atoms with Crippen molar-refractivity contribution in [3.8, 4) is 17.1 Å². The summed E-state index contributed by atoms with van der Waals surface area (Å²) in [4.78, 5) is 22.4. The van der Waals surface area contributed by atoms with Gasteiger partial charge in [0, 0.05) is 30.4 Å². The molecule has 3 aromatic rings. The Hall–Kier alpha value is -3.40. The van der Waals surface area contributed by atoms with Crippen LogP contribution in [0.3, 0.4) is 0 Å². The summed E-state index contributed by atoms with van der Waals surface area (Å²) in [6.45, 7) is 0. The highest BCUT2D eigenvalue weighted by molar-refractivity contribution is 7.99. The molecule has 144 valence electrons. The maximum Gasteiger partial charge on any atom is 0.269 e. The maximum absolute atomic E-state index is 12.1.